The van der Waals surface area contributed by atoms with Gasteiger partial charge in [0.2, 0.25) is 5.91 Å². The van der Waals surface area contributed by atoms with Crippen molar-refractivity contribution in [3.05, 3.63) is 29.8 Å². The number of amides is 1. The number of para-hydroxylation sites is 1. The van der Waals surface area contributed by atoms with Crippen molar-refractivity contribution in [2.75, 3.05) is 6.61 Å². The Kier molecular flexibility index (Phi) is 3.70. The van der Waals surface area contributed by atoms with E-state index in [1.807, 2.05) is 24.3 Å². The van der Waals surface area contributed by atoms with E-state index in [1.165, 1.54) is 0 Å². The first-order valence-electron chi connectivity index (χ1n) is 6.55. The van der Waals surface area contributed by atoms with E-state index < -0.39 is 23.2 Å². The molecule has 0 spiro atoms. The molecular formula is C15H19NO4. The smallest absolute Gasteiger partial charge is 0.316 e. The normalized spacial score (nSPS) is 18.9. The summed E-state index contributed by atoms with van der Waals surface area (Å²) in [5.74, 6) is -1.94. The molecule has 1 aliphatic rings. The number of nitrogens with one attached hydrogen (secondary N) is 1. The van der Waals surface area contributed by atoms with Crippen molar-refractivity contribution in [2.45, 2.75) is 26.8 Å². The van der Waals surface area contributed by atoms with Crippen LogP contribution in [-0.2, 0) is 9.59 Å². The van der Waals surface area contributed by atoms with Crippen molar-refractivity contribution in [2.24, 2.45) is 11.3 Å². The molecule has 5 nitrogen and oxygen atoms in total. The second kappa shape index (κ2) is 5.15. The van der Waals surface area contributed by atoms with Crippen LogP contribution in [0.2, 0.25) is 0 Å². The highest BCUT2D eigenvalue weighted by molar-refractivity contribution is 5.98. The van der Waals surface area contributed by atoms with Gasteiger partial charge in [-0.2, -0.15) is 0 Å². The third kappa shape index (κ3) is 2.76. The van der Waals surface area contributed by atoms with E-state index >= 15 is 0 Å². The lowest BCUT2D eigenvalue weighted by molar-refractivity contribution is -0.151. The van der Waals surface area contributed by atoms with Crippen molar-refractivity contribution >= 4 is 11.9 Å². The van der Waals surface area contributed by atoms with Gasteiger partial charge in [0.05, 0.1) is 6.04 Å². The van der Waals surface area contributed by atoms with E-state index in [0.717, 1.165) is 11.3 Å². The van der Waals surface area contributed by atoms with Gasteiger partial charge in [-0.05, 0) is 11.5 Å². The Balaban J connectivity index is 2.15. The number of rotatable bonds is 3. The number of carboxylic acids is 1. The van der Waals surface area contributed by atoms with Crippen LogP contribution in [0, 0.1) is 11.3 Å². The maximum Gasteiger partial charge on any atom is 0.316 e. The molecule has 0 aromatic heterocycles. The first kappa shape index (κ1) is 14.4. The Morgan fingerprint density at radius 1 is 1.35 bits per heavy atom. The Bertz CT molecular complexity index is 533. The molecule has 5 heteroatoms. The highest BCUT2D eigenvalue weighted by Crippen LogP contribution is 2.33. The van der Waals surface area contributed by atoms with Crippen LogP contribution in [0.4, 0.5) is 0 Å². The Morgan fingerprint density at radius 3 is 2.60 bits per heavy atom. The molecule has 0 saturated carbocycles. The van der Waals surface area contributed by atoms with Crippen LogP contribution in [-0.4, -0.2) is 23.6 Å². The zero-order valence-corrected chi connectivity index (χ0v) is 11.8. The zero-order chi connectivity index (χ0) is 14.9. The maximum atomic E-state index is 12.2. The molecule has 0 aliphatic carbocycles. The summed E-state index contributed by atoms with van der Waals surface area (Å²) < 4.78 is 5.48. The van der Waals surface area contributed by atoms with E-state index in [-0.39, 0.29) is 6.04 Å². The summed E-state index contributed by atoms with van der Waals surface area (Å²) in [5.41, 5.74) is 0.244. The van der Waals surface area contributed by atoms with Crippen molar-refractivity contribution in [1.29, 1.82) is 0 Å². The monoisotopic (exact) mass is 277 g/mol. The molecule has 1 aliphatic heterocycles. The molecule has 2 N–H and O–H groups in total. The summed E-state index contributed by atoms with van der Waals surface area (Å²) in [6.45, 7) is 5.56. The highest BCUT2D eigenvalue weighted by Gasteiger charge is 2.39. The van der Waals surface area contributed by atoms with E-state index in [9.17, 15) is 14.7 Å². The lowest BCUT2D eigenvalue weighted by Gasteiger charge is -2.27. The molecule has 0 fully saturated rings. The molecule has 0 radical (unpaired) electrons. The summed E-state index contributed by atoms with van der Waals surface area (Å²) in [4.78, 5) is 23.6. The molecule has 1 heterocycles. The van der Waals surface area contributed by atoms with Crippen molar-refractivity contribution in [1.82, 2.24) is 5.32 Å². The van der Waals surface area contributed by atoms with E-state index in [1.54, 1.807) is 20.8 Å². The minimum absolute atomic E-state index is 0.289. The van der Waals surface area contributed by atoms with Gasteiger partial charge >= 0.3 is 5.97 Å². The van der Waals surface area contributed by atoms with Crippen LogP contribution in [0.15, 0.2) is 24.3 Å². The highest BCUT2D eigenvalue weighted by atomic mass is 16.5. The second-order valence-electron chi connectivity index (χ2n) is 6.05. The predicted octanol–water partition coefficient (Wildman–Crippen LogP) is 1.98. The second-order valence-corrected chi connectivity index (χ2v) is 6.05. The van der Waals surface area contributed by atoms with Gasteiger partial charge in [0, 0.05) is 5.56 Å². The fourth-order valence-corrected chi connectivity index (χ4v) is 2.41. The third-order valence-electron chi connectivity index (χ3n) is 3.39. The molecule has 0 saturated heterocycles. The molecule has 1 amide bonds. The Morgan fingerprint density at radius 2 is 2.00 bits per heavy atom. The predicted molar refractivity (Wildman–Crippen MR) is 73.4 cm³/mol. The molecule has 2 unspecified atom stereocenters. The fourth-order valence-electron chi connectivity index (χ4n) is 2.41. The zero-order valence-electron chi connectivity index (χ0n) is 11.8. The van der Waals surface area contributed by atoms with E-state index in [0.29, 0.717) is 6.61 Å². The number of hydrogen-bond acceptors (Lipinski definition) is 3. The van der Waals surface area contributed by atoms with Crippen LogP contribution in [0.1, 0.15) is 32.4 Å². The maximum absolute atomic E-state index is 12.2. The van der Waals surface area contributed by atoms with Crippen LogP contribution < -0.4 is 10.1 Å². The first-order valence-corrected chi connectivity index (χ1v) is 6.55. The molecule has 1 aromatic carbocycles. The molecule has 2 rings (SSSR count). The van der Waals surface area contributed by atoms with Gasteiger partial charge in [0.15, 0.2) is 0 Å². The molecule has 2 atom stereocenters. The fraction of sp³-hybridized carbons (Fsp3) is 0.467. The lowest BCUT2D eigenvalue weighted by Crippen LogP contribution is -2.44. The van der Waals surface area contributed by atoms with Crippen LogP contribution in [0.5, 0.6) is 5.75 Å². The number of fused-ring (bicyclic) bond motifs is 1. The van der Waals surface area contributed by atoms with Gasteiger partial charge in [-0.15, -0.1) is 0 Å². The Labute approximate surface area is 117 Å². The van der Waals surface area contributed by atoms with Gasteiger partial charge in [-0.25, -0.2) is 0 Å². The number of benzene rings is 1. The molecule has 20 heavy (non-hydrogen) atoms. The number of carbonyl (C=O) groups excluding carboxylic acids is 1. The minimum Gasteiger partial charge on any atom is -0.491 e. The van der Waals surface area contributed by atoms with Gasteiger partial charge in [-0.3, -0.25) is 9.59 Å². The molecule has 0 bridgehead atoms. The number of carbonyl (C=O) groups is 2. The summed E-state index contributed by atoms with van der Waals surface area (Å²) in [6, 6.07) is 7.14. The Hall–Kier alpha value is -2.04. The van der Waals surface area contributed by atoms with E-state index in [2.05, 4.69) is 5.32 Å². The summed E-state index contributed by atoms with van der Waals surface area (Å²) in [5, 5.41) is 12.0. The summed E-state index contributed by atoms with van der Waals surface area (Å²) in [7, 11) is 0. The SMILES string of the molecule is CC(C)(C)C(C(=O)O)C(=O)NC1COc2ccccc21. The van der Waals surface area contributed by atoms with Crippen molar-refractivity contribution < 1.29 is 19.4 Å². The molecular weight excluding hydrogens is 258 g/mol. The van der Waals surface area contributed by atoms with Crippen molar-refractivity contribution in [3.63, 3.8) is 0 Å². The van der Waals surface area contributed by atoms with Crippen LogP contribution >= 0.6 is 0 Å². The standard InChI is InChI=1S/C15H19NO4/c1-15(2,3)12(14(18)19)13(17)16-10-8-20-11-7-5-4-6-9(10)11/h4-7,10,12H,8H2,1-3H3,(H,16,17)(H,18,19). The van der Waals surface area contributed by atoms with Crippen LogP contribution in [0.25, 0.3) is 0 Å². The summed E-state index contributed by atoms with van der Waals surface area (Å²) >= 11 is 0. The lowest BCUT2D eigenvalue weighted by atomic mass is 9.80. The number of hydrogen-bond donors (Lipinski definition) is 2. The topological polar surface area (TPSA) is 75.6 Å². The van der Waals surface area contributed by atoms with Crippen molar-refractivity contribution in [3.8, 4) is 5.75 Å². The van der Waals surface area contributed by atoms with Gasteiger partial charge in [-0.1, -0.05) is 39.0 Å². The van der Waals surface area contributed by atoms with Gasteiger partial charge in [0.1, 0.15) is 18.3 Å². The average Bonchev–Trinajstić information content (AvgIpc) is 2.70. The first-order chi connectivity index (χ1) is 9.30. The third-order valence-corrected chi connectivity index (χ3v) is 3.39. The number of carboxylic acid groups (broad SMARTS) is 1. The van der Waals surface area contributed by atoms with Crippen LogP contribution in [0.3, 0.4) is 0 Å². The van der Waals surface area contributed by atoms with Gasteiger partial charge < -0.3 is 15.2 Å². The number of ether oxygens (including phenoxy) is 1. The minimum atomic E-state index is -1.11. The largest absolute Gasteiger partial charge is 0.491 e. The number of aliphatic carboxylic acids is 1. The average molecular weight is 277 g/mol. The van der Waals surface area contributed by atoms with Gasteiger partial charge in [0.25, 0.3) is 0 Å². The van der Waals surface area contributed by atoms with E-state index in [4.69, 9.17) is 4.74 Å². The molecule has 108 valence electrons. The quantitative estimate of drug-likeness (QED) is 0.828. The summed E-state index contributed by atoms with van der Waals surface area (Å²) in [6.07, 6.45) is 0. The molecule has 1 aromatic rings.